The van der Waals surface area contributed by atoms with Gasteiger partial charge in [0.25, 0.3) is 5.91 Å². The van der Waals surface area contributed by atoms with Crippen LogP contribution in [0.1, 0.15) is 60.9 Å². The smallest absolute Gasteiger partial charge is 0.251 e. The second kappa shape index (κ2) is 14.1. The molecule has 2 aromatic carbocycles. The van der Waals surface area contributed by atoms with Crippen molar-refractivity contribution in [3.05, 3.63) is 65.5 Å². The number of hydrogen-bond donors (Lipinski definition) is 2. The number of amides is 2. The first-order chi connectivity index (χ1) is 17.9. The molecule has 3 rings (SSSR count). The van der Waals surface area contributed by atoms with Gasteiger partial charge in [-0.3, -0.25) is 9.59 Å². The molecule has 0 radical (unpaired) electrons. The highest BCUT2D eigenvalue weighted by Crippen LogP contribution is 2.25. The summed E-state index contributed by atoms with van der Waals surface area (Å²) in [6.07, 6.45) is 2.74. The molecule has 3 aromatic rings. The first-order valence-electron chi connectivity index (χ1n) is 12.3. The van der Waals surface area contributed by atoms with Crippen molar-refractivity contribution in [1.82, 2.24) is 20.1 Å². The predicted molar refractivity (Wildman–Crippen MR) is 152 cm³/mol. The minimum Gasteiger partial charge on any atom is -0.497 e. The van der Waals surface area contributed by atoms with Crippen molar-refractivity contribution in [3.8, 4) is 5.75 Å². The molecule has 198 valence electrons. The fourth-order valence-electron chi connectivity index (χ4n) is 3.73. The normalized spacial score (nSPS) is 11.8. The standard InChI is InChI=1S/C27H35N5O3S2/c1-6-32-25(23(15-16-36-5)29-26(34)20-9-13-22(35-4)14-10-20)30-31-27(32)37-17-24(33)28-21-11-7-19(8-12-21)18(2)3/h7-14,18,23H,6,15-17H2,1-5H3,(H,28,33)(H,29,34)/t23-/m1/s1. The van der Waals surface area contributed by atoms with Crippen LogP contribution >= 0.6 is 23.5 Å². The van der Waals surface area contributed by atoms with Gasteiger partial charge in [0, 0.05) is 17.8 Å². The van der Waals surface area contributed by atoms with E-state index in [0.717, 1.165) is 11.4 Å². The zero-order valence-corrected chi connectivity index (χ0v) is 23.6. The van der Waals surface area contributed by atoms with E-state index in [4.69, 9.17) is 4.74 Å². The Morgan fingerprint density at radius 2 is 1.76 bits per heavy atom. The Balaban J connectivity index is 1.68. The van der Waals surface area contributed by atoms with Gasteiger partial charge in [0.15, 0.2) is 11.0 Å². The molecule has 2 N–H and O–H groups in total. The van der Waals surface area contributed by atoms with Crippen molar-refractivity contribution in [2.45, 2.75) is 50.9 Å². The summed E-state index contributed by atoms with van der Waals surface area (Å²) in [5.74, 6) is 2.58. The number of hydrogen-bond acceptors (Lipinski definition) is 7. The maximum Gasteiger partial charge on any atom is 0.251 e. The third kappa shape index (κ3) is 8.00. The quantitative estimate of drug-likeness (QED) is 0.280. The van der Waals surface area contributed by atoms with Crippen LogP contribution in [0, 0.1) is 0 Å². The van der Waals surface area contributed by atoms with Crippen LogP contribution in [0.3, 0.4) is 0 Å². The first-order valence-corrected chi connectivity index (χ1v) is 14.6. The van der Waals surface area contributed by atoms with Gasteiger partial charge in [-0.2, -0.15) is 11.8 Å². The maximum absolute atomic E-state index is 13.0. The summed E-state index contributed by atoms with van der Waals surface area (Å²) in [4.78, 5) is 25.5. The molecule has 0 saturated heterocycles. The van der Waals surface area contributed by atoms with Crippen LogP contribution in [-0.4, -0.2) is 51.5 Å². The monoisotopic (exact) mass is 541 g/mol. The Labute approximate surface area is 227 Å². The van der Waals surface area contributed by atoms with E-state index in [2.05, 4.69) is 34.7 Å². The highest BCUT2D eigenvalue weighted by atomic mass is 32.2. The van der Waals surface area contributed by atoms with Crippen LogP contribution in [0.4, 0.5) is 5.69 Å². The van der Waals surface area contributed by atoms with Crippen LogP contribution in [0.25, 0.3) is 0 Å². The van der Waals surface area contributed by atoms with E-state index in [1.807, 2.05) is 42.0 Å². The number of carbonyl (C=O) groups excluding carboxylic acids is 2. The topological polar surface area (TPSA) is 98.1 Å². The molecule has 10 heteroatoms. The zero-order valence-electron chi connectivity index (χ0n) is 22.0. The van der Waals surface area contributed by atoms with E-state index in [0.29, 0.717) is 41.2 Å². The average Bonchev–Trinajstić information content (AvgIpc) is 3.32. The molecule has 8 nitrogen and oxygen atoms in total. The van der Waals surface area contributed by atoms with Gasteiger partial charge in [0.2, 0.25) is 5.91 Å². The van der Waals surface area contributed by atoms with E-state index in [1.54, 1.807) is 43.1 Å². The Hall–Kier alpha value is -2.98. The van der Waals surface area contributed by atoms with Crippen molar-refractivity contribution >= 4 is 41.0 Å². The van der Waals surface area contributed by atoms with Crippen LogP contribution in [0.5, 0.6) is 5.75 Å². The molecule has 1 atom stereocenters. The van der Waals surface area contributed by atoms with E-state index >= 15 is 0 Å². The van der Waals surface area contributed by atoms with Crippen LogP contribution in [0.15, 0.2) is 53.7 Å². The molecule has 0 aliphatic rings. The lowest BCUT2D eigenvalue weighted by Gasteiger charge is -2.19. The van der Waals surface area contributed by atoms with Gasteiger partial charge >= 0.3 is 0 Å². The van der Waals surface area contributed by atoms with Gasteiger partial charge < -0.3 is 19.9 Å². The summed E-state index contributed by atoms with van der Waals surface area (Å²) in [6, 6.07) is 14.6. The van der Waals surface area contributed by atoms with E-state index < -0.39 is 0 Å². The molecular formula is C27H35N5O3S2. The number of thioether (sulfide) groups is 2. The van der Waals surface area contributed by atoms with Crippen LogP contribution < -0.4 is 15.4 Å². The Morgan fingerprint density at radius 3 is 2.35 bits per heavy atom. The number of methoxy groups -OCH3 is 1. The van der Waals surface area contributed by atoms with E-state index in [9.17, 15) is 9.59 Å². The van der Waals surface area contributed by atoms with Crippen LogP contribution in [-0.2, 0) is 11.3 Å². The number of nitrogens with one attached hydrogen (secondary N) is 2. The van der Waals surface area contributed by atoms with Crippen molar-refractivity contribution in [1.29, 1.82) is 0 Å². The lowest BCUT2D eigenvalue weighted by Crippen LogP contribution is -2.31. The number of aromatic nitrogens is 3. The molecule has 0 fully saturated rings. The SMILES string of the molecule is CCn1c(SCC(=O)Nc2ccc(C(C)C)cc2)nnc1[C@@H](CCSC)NC(=O)c1ccc(OC)cc1. The molecule has 0 unspecified atom stereocenters. The van der Waals surface area contributed by atoms with Crippen molar-refractivity contribution < 1.29 is 14.3 Å². The number of ether oxygens (including phenoxy) is 1. The summed E-state index contributed by atoms with van der Waals surface area (Å²) >= 11 is 3.04. The summed E-state index contributed by atoms with van der Waals surface area (Å²) < 4.78 is 7.15. The Morgan fingerprint density at radius 1 is 1.05 bits per heavy atom. The number of carbonyl (C=O) groups is 2. The summed E-state index contributed by atoms with van der Waals surface area (Å²) in [6.45, 7) is 6.90. The van der Waals surface area contributed by atoms with Gasteiger partial charge in [0.05, 0.1) is 18.9 Å². The average molecular weight is 542 g/mol. The van der Waals surface area contributed by atoms with Gasteiger partial charge in [-0.05, 0) is 73.2 Å². The van der Waals surface area contributed by atoms with Gasteiger partial charge in [-0.15, -0.1) is 10.2 Å². The number of anilines is 1. The van der Waals surface area contributed by atoms with Crippen molar-refractivity contribution in [2.75, 3.05) is 30.2 Å². The largest absolute Gasteiger partial charge is 0.497 e. The molecular weight excluding hydrogens is 506 g/mol. The molecule has 0 saturated carbocycles. The number of nitrogens with zero attached hydrogens (tertiary/aromatic N) is 3. The van der Waals surface area contributed by atoms with Crippen molar-refractivity contribution in [3.63, 3.8) is 0 Å². The molecule has 0 spiro atoms. The minimum atomic E-state index is -0.308. The highest BCUT2D eigenvalue weighted by molar-refractivity contribution is 7.99. The maximum atomic E-state index is 13.0. The van der Waals surface area contributed by atoms with E-state index in [1.165, 1.54) is 17.3 Å². The molecule has 1 heterocycles. The van der Waals surface area contributed by atoms with E-state index in [-0.39, 0.29) is 23.6 Å². The molecule has 0 aliphatic carbocycles. The first kappa shape index (κ1) is 28.6. The summed E-state index contributed by atoms with van der Waals surface area (Å²) in [5, 5.41) is 15.5. The lowest BCUT2D eigenvalue weighted by atomic mass is 10.0. The van der Waals surface area contributed by atoms with Crippen LogP contribution in [0.2, 0.25) is 0 Å². The molecule has 0 bridgehead atoms. The predicted octanol–water partition coefficient (Wildman–Crippen LogP) is 5.39. The molecule has 0 aliphatic heterocycles. The number of rotatable bonds is 13. The second-order valence-electron chi connectivity index (χ2n) is 8.73. The highest BCUT2D eigenvalue weighted by Gasteiger charge is 2.23. The summed E-state index contributed by atoms with van der Waals surface area (Å²) in [5.41, 5.74) is 2.54. The molecule has 37 heavy (non-hydrogen) atoms. The van der Waals surface area contributed by atoms with Gasteiger partial charge in [-0.25, -0.2) is 0 Å². The van der Waals surface area contributed by atoms with Crippen molar-refractivity contribution in [2.24, 2.45) is 0 Å². The van der Waals surface area contributed by atoms with Gasteiger partial charge in [0.1, 0.15) is 5.75 Å². The second-order valence-corrected chi connectivity index (χ2v) is 10.7. The zero-order chi connectivity index (χ0) is 26.8. The fourth-order valence-corrected chi connectivity index (χ4v) is 5.01. The lowest BCUT2D eigenvalue weighted by molar-refractivity contribution is -0.113. The third-order valence-corrected chi connectivity index (χ3v) is 7.45. The fraction of sp³-hybridized carbons (Fsp3) is 0.407. The van der Waals surface area contributed by atoms with Gasteiger partial charge in [-0.1, -0.05) is 37.7 Å². The third-order valence-electron chi connectivity index (χ3n) is 5.84. The Bertz CT molecular complexity index is 1160. The number of benzene rings is 2. The summed E-state index contributed by atoms with van der Waals surface area (Å²) in [7, 11) is 1.59. The molecule has 1 aromatic heterocycles. The minimum absolute atomic E-state index is 0.110. The molecule has 2 amide bonds. The Kier molecular flexibility index (Phi) is 10.9.